The fraction of sp³-hybridized carbons (Fsp3) is 0.241. The largest absolute Gasteiger partial charge is 0.497 e. The molecular weight excluding hydrogens is 493 g/mol. The molecule has 6 nitrogen and oxygen atoms in total. The van der Waals surface area contributed by atoms with Crippen LogP contribution in [-0.2, 0) is 21.7 Å². The second kappa shape index (κ2) is 8.63. The average Bonchev–Trinajstić information content (AvgIpc) is 3.30. The number of H-pyrrole nitrogens is 1. The van der Waals surface area contributed by atoms with Gasteiger partial charge in [0.25, 0.3) is 5.91 Å². The second-order valence-corrected chi connectivity index (χ2v) is 10.1. The lowest BCUT2D eigenvalue weighted by molar-refractivity contribution is -0.167. The minimum Gasteiger partial charge on any atom is -0.497 e. The van der Waals surface area contributed by atoms with E-state index in [1.54, 1.807) is 25.0 Å². The van der Waals surface area contributed by atoms with E-state index in [9.17, 15) is 14.0 Å². The average molecular weight is 518 g/mol. The van der Waals surface area contributed by atoms with Crippen molar-refractivity contribution in [1.82, 2.24) is 14.8 Å². The third kappa shape index (κ3) is 3.52. The number of aromatic nitrogens is 1. The first-order valence-corrected chi connectivity index (χ1v) is 12.5. The molecule has 0 saturated carbocycles. The summed E-state index contributed by atoms with van der Waals surface area (Å²) >= 11 is 6.26. The molecule has 0 spiro atoms. The fourth-order valence-electron chi connectivity index (χ4n) is 5.81. The summed E-state index contributed by atoms with van der Waals surface area (Å²) in [7, 11) is 1.62. The van der Waals surface area contributed by atoms with Gasteiger partial charge in [-0.2, -0.15) is 0 Å². The Kier molecular flexibility index (Phi) is 5.49. The molecule has 0 aliphatic carbocycles. The van der Waals surface area contributed by atoms with Crippen LogP contribution in [-0.4, -0.2) is 46.8 Å². The first kappa shape index (κ1) is 23.6. The number of hydrogen-bond donors (Lipinski definition) is 1. The van der Waals surface area contributed by atoms with Crippen molar-refractivity contribution >= 4 is 34.3 Å². The van der Waals surface area contributed by atoms with Crippen molar-refractivity contribution in [2.75, 3.05) is 20.2 Å². The Morgan fingerprint density at radius 1 is 1.08 bits per heavy atom. The summed E-state index contributed by atoms with van der Waals surface area (Å²) < 4.78 is 19.9. The van der Waals surface area contributed by atoms with Crippen LogP contribution in [0.3, 0.4) is 0 Å². The van der Waals surface area contributed by atoms with E-state index < -0.39 is 11.4 Å². The zero-order valence-corrected chi connectivity index (χ0v) is 21.2. The molecule has 1 saturated heterocycles. The predicted molar refractivity (Wildman–Crippen MR) is 139 cm³/mol. The fourth-order valence-corrected chi connectivity index (χ4v) is 6.04. The van der Waals surface area contributed by atoms with E-state index in [0.29, 0.717) is 12.2 Å². The van der Waals surface area contributed by atoms with Gasteiger partial charge in [-0.15, -0.1) is 0 Å². The number of carbonyl (C=O) groups is 2. The van der Waals surface area contributed by atoms with Gasteiger partial charge in [0.1, 0.15) is 18.1 Å². The molecule has 6 rings (SSSR count). The first-order chi connectivity index (χ1) is 17.8. The molecule has 1 unspecified atom stereocenters. The van der Waals surface area contributed by atoms with Gasteiger partial charge in [-0.3, -0.25) is 9.59 Å². The SMILES string of the molecule is COc1ccc(C2CN3C(=O)CN(Cc4c(F)cccc4Cl)C(=O)[C@]3(C)c3[nH]c4ccccc4c32)cc1. The summed E-state index contributed by atoms with van der Waals surface area (Å²) in [6.45, 7) is 1.89. The third-order valence-electron chi connectivity index (χ3n) is 7.75. The normalized spacial score (nSPS) is 21.2. The Bertz CT molecular complexity index is 1530. The molecule has 188 valence electrons. The molecule has 2 aliphatic rings. The van der Waals surface area contributed by atoms with Gasteiger partial charge < -0.3 is 19.5 Å². The standard InChI is InChI=1S/C29H25ClFN3O3/c1-29-27-26(19-6-3-4-9-24(19)32-27)20(17-10-12-18(37-2)13-11-17)15-34(29)25(35)16-33(28(29)36)14-21-22(30)7-5-8-23(21)31/h3-13,20,32H,14-16H2,1-2H3/t20?,29-/m0/s1. The number of halogens is 2. The van der Waals surface area contributed by atoms with Gasteiger partial charge in [0.2, 0.25) is 5.91 Å². The van der Waals surface area contributed by atoms with Crippen LogP contribution in [0.15, 0.2) is 66.7 Å². The summed E-state index contributed by atoms with van der Waals surface area (Å²) in [5, 5.41) is 1.23. The Morgan fingerprint density at radius 3 is 2.57 bits per heavy atom. The summed E-state index contributed by atoms with van der Waals surface area (Å²) in [6.07, 6.45) is 0. The number of hydrogen-bond acceptors (Lipinski definition) is 3. The number of nitrogens with one attached hydrogen (secondary N) is 1. The highest BCUT2D eigenvalue weighted by Gasteiger charge is 2.56. The lowest BCUT2D eigenvalue weighted by Gasteiger charge is -2.51. The number of ether oxygens (including phenoxy) is 1. The Labute approximate surface area is 218 Å². The molecule has 0 radical (unpaired) electrons. The number of para-hydroxylation sites is 1. The highest BCUT2D eigenvalue weighted by atomic mass is 35.5. The molecule has 2 atom stereocenters. The van der Waals surface area contributed by atoms with E-state index in [2.05, 4.69) is 4.98 Å². The molecule has 1 aromatic heterocycles. The smallest absolute Gasteiger partial charge is 0.255 e. The highest BCUT2D eigenvalue weighted by molar-refractivity contribution is 6.31. The Morgan fingerprint density at radius 2 is 1.84 bits per heavy atom. The van der Waals surface area contributed by atoms with E-state index in [4.69, 9.17) is 16.3 Å². The number of rotatable bonds is 4. The minimum atomic E-state index is -1.27. The van der Waals surface area contributed by atoms with Crippen LogP contribution in [0.2, 0.25) is 5.02 Å². The van der Waals surface area contributed by atoms with Gasteiger partial charge in [-0.1, -0.05) is 48.0 Å². The van der Waals surface area contributed by atoms with Crippen LogP contribution in [0.1, 0.15) is 35.2 Å². The molecule has 8 heteroatoms. The van der Waals surface area contributed by atoms with Gasteiger partial charge in [-0.05, 0) is 48.4 Å². The van der Waals surface area contributed by atoms with Crippen molar-refractivity contribution in [3.8, 4) is 5.75 Å². The minimum absolute atomic E-state index is 0.0863. The van der Waals surface area contributed by atoms with E-state index in [1.165, 1.54) is 17.0 Å². The number of amides is 2. The lowest BCUT2D eigenvalue weighted by Crippen LogP contribution is -2.67. The van der Waals surface area contributed by atoms with Crippen molar-refractivity contribution in [3.05, 3.63) is 100.0 Å². The molecule has 37 heavy (non-hydrogen) atoms. The second-order valence-electron chi connectivity index (χ2n) is 9.72. The number of aromatic amines is 1. The number of piperazine rings is 1. The highest BCUT2D eigenvalue weighted by Crippen LogP contribution is 2.48. The maximum Gasteiger partial charge on any atom is 0.255 e. The number of methoxy groups -OCH3 is 1. The van der Waals surface area contributed by atoms with Crippen molar-refractivity contribution < 1.29 is 18.7 Å². The van der Waals surface area contributed by atoms with Gasteiger partial charge in [0.15, 0.2) is 5.54 Å². The summed E-state index contributed by atoms with van der Waals surface area (Å²) in [4.78, 5) is 34.3. The monoisotopic (exact) mass is 517 g/mol. The maximum atomic E-state index is 14.6. The first-order valence-electron chi connectivity index (χ1n) is 12.1. The number of benzene rings is 3. The molecule has 1 fully saturated rings. The predicted octanol–water partition coefficient (Wildman–Crippen LogP) is 5.20. The molecule has 4 aromatic rings. The van der Waals surface area contributed by atoms with E-state index in [0.717, 1.165) is 27.8 Å². The molecule has 1 N–H and O–H groups in total. The lowest BCUT2D eigenvalue weighted by atomic mass is 9.76. The van der Waals surface area contributed by atoms with Crippen LogP contribution in [0.4, 0.5) is 4.39 Å². The van der Waals surface area contributed by atoms with Crippen LogP contribution >= 0.6 is 11.6 Å². The number of nitrogens with zero attached hydrogens (tertiary/aromatic N) is 2. The van der Waals surface area contributed by atoms with Crippen molar-refractivity contribution in [3.63, 3.8) is 0 Å². The number of fused-ring (bicyclic) bond motifs is 5. The topological polar surface area (TPSA) is 65.6 Å². The van der Waals surface area contributed by atoms with E-state index >= 15 is 0 Å². The molecule has 3 heterocycles. The summed E-state index contributed by atoms with van der Waals surface area (Å²) in [6, 6.07) is 20.1. The zero-order chi connectivity index (χ0) is 25.9. The van der Waals surface area contributed by atoms with Crippen LogP contribution in [0.5, 0.6) is 5.75 Å². The van der Waals surface area contributed by atoms with Crippen molar-refractivity contribution in [2.24, 2.45) is 0 Å². The van der Waals surface area contributed by atoms with Crippen molar-refractivity contribution in [2.45, 2.75) is 24.9 Å². The van der Waals surface area contributed by atoms with Gasteiger partial charge in [0.05, 0.1) is 19.3 Å². The Hall–Kier alpha value is -3.84. The number of carbonyl (C=O) groups excluding carboxylic acids is 2. The molecule has 0 bridgehead atoms. The quantitative estimate of drug-likeness (QED) is 0.404. The van der Waals surface area contributed by atoms with E-state index in [-0.39, 0.29) is 41.4 Å². The molecular formula is C29H25ClFN3O3. The van der Waals surface area contributed by atoms with Crippen molar-refractivity contribution in [1.29, 1.82) is 0 Å². The van der Waals surface area contributed by atoms with Gasteiger partial charge >= 0.3 is 0 Å². The summed E-state index contributed by atoms with van der Waals surface area (Å²) in [5.74, 6) is -0.371. The van der Waals surface area contributed by atoms with Crippen LogP contribution in [0.25, 0.3) is 10.9 Å². The third-order valence-corrected chi connectivity index (χ3v) is 8.10. The molecule has 2 aliphatic heterocycles. The van der Waals surface area contributed by atoms with Gasteiger partial charge in [-0.25, -0.2) is 4.39 Å². The zero-order valence-electron chi connectivity index (χ0n) is 20.4. The molecule has 3 aromatic carbocycles. The van der Waals surface area contributed by atoms with Crippen LogP contribution in [0, 0.1) is 5.82 Å². The Balaban J connectivity index is 1.49. The van der Waals surface area contributed by atoms with Gasteiger partial charge in [0, 0.05) is 34.0 Å². The maximum absolute atomic E-state index is 14.6. The summed E-state index contributed by atoms with van der Waals surface area (Å²) in [5.41, 5.74) is 2.52. The van der Waals surface area contributed by atoms with Crippen LogP contribution < -0.4 is 4.74 Å². The molecule has 2 amide bonds. The van der Waals surface area contributed by atoms with E-state index in [1.807, 2.05) is 48.5 Å².